The van der Waals surface area contributed by atoms with E-state index in [1.54, 1.807) is 34.9 Å². The number of rotatable bonds is 5. The van der Waals surface area contributed by atoms with Crippen molar-refractivity contribution < 1.29 is 9.90 Å². The highest BCUT2D eigenvalue weighted by Gasteiger charge is 2.29. The molecule has 0 unspecified atom stereocenters. The lowest BCUT2D eigenvalue weighted by Gasteiger charge is -2.15. The van der Waals surface area contributed by atoms with Crippen molar-refractivity contribution in [1.29, 1.82) is 0 Å². The fraction of sp³-hybridized carbons (Fsp3) is 0.154. The fourth-order valence-corrected chi connectivity index (χ4v) is 5.58. The number of pyridine rings is 1. The highest BCUT2D eigenvalue weighted by molar-refractivity contribution is 9.10. The molecule has 3 aromatic heterocycles. The summed E-state index contributed by atoms with van der Waals surface area (Å²) in [5.74, 6) is 0.661. The topological polar surface area (TPSA) is 135 Å². The first kappa shape index (κ1) is 25.0. The molecule has 0 aliphatic carbocycles. The van der Waals surface area contributed by atoms with Gasteiger partial charge >= 0.3 is 6.09 Å². The minimum absolute atomic E-state index is 0.150. The van der Waals surface area contributed by atoms with E-state index in [1.807, 2.05) is 24.3 Å². The summed E-state index contributed by atoms with van der Waals surface area (Å²) in [6, 6.07) is 15.8. The average Bonchev–Trinajstić information content (AvgIpc) is 3.68. The second-order valence-electron chi connectivity index (χ2n) is 9.09. The van der Waals surface area contributed by atoms with Crippen LogP contribution < -0.4 is 10.5 Å². The number of carboxylic acid groups (broad SMARTS) is 1. The quantitative estimate of drug-likeness (QED) is 0.289. The summed E-state index contributed by atoms with van der Waals surface area (Å²) >= 11 is 9.87. The monoisotopic (exact) mass is 606 g/mol. The first-order chi connectivity index (χ1) is 18.8. The van der Waals surface area contributed by atoms with Crippen LogP contribution in [0.25, 0.3) is 28.1 Å². The van der Waals surface area contributed by atoms with Gasteiger partial charge in [0.1, 0.15) is 22.4 Å². The Hall–Kier alpha value is -4.29. The molecule has 0 bridgehead atoms. The van der Waals surface area contributed by atoms with E-state index in [0.717, 1.165) is 27.3 Å². The van der Waals surface area contributed by atoms with Gasteiger partial charge in [-0.25, -0.2) is 9.78 Å². The van der Waals surface area contributed by atoms with Crippen molar-refractivity contribution >= 4 is 39.3 Å². The highest BCUT2D eigenvalue weighted by Crippen LogP contribution is 2.36. The molecule has 5 aromatic rings. The minimum Gasteiger partial charge on any atom is -0.465 e. The fourth-order valence-electron chi connectivity index (χ4n) is 4.89. The van der Waals surface area contributed by atoms with Gasteiger partial charge in [-0.05, 0) is 81.2 Å². The summed E-state index contributed by atoms with van der Waals surface area (Å²) in [6.07, 6.45) is 1.85. The Bertz CT molecular complexity index is 1770. The van der Waals surface area contributed by atoms with Gasteiger partial charge in [0, 0.05) is 40.6 Å². The third-order valence-electron chi connectivity index (χ3n) is 6.81. The number of amides is 1. The normalized spacial score (nSPS) is 14.4. The number of fused-ring (bicyclic) bond motifs is 1. The van der Waals surface area contributed by atoms with Gasteiger partial charge in [-0.15, -0.1) is 5.10 Å². The molecule has 196 valence electrons. The van der Waals surface area contributed by atoms with Gasteiger partial charge in [0.05, 0.1) is 11.7 Å². The summed E-state index contributed by atoms with van der Waals surface area (Å²) in [4.78, 5) is 33.9. The van der Waals surface area contributed by atoms with E-state index in [2.05, 4.69) is 36.4 Å². The maximum atomic E-state index is 13.5. The summed E-state index contributed by atoms with van der Waals surface area (Å²) in [7, 11) is 1.49. The molecule has 1 atom stereocenters. The number of carbonyl (C=O) groups is 1. The maximum Gasteiger partial charge on any atom is 0.411 e. The van der Waals surface area contributed by atoms with E-state index in [-0.39, 0.29) is 11.6 Å². The van der Waals surface area contributed by atoms with Crippen molar-refractivity contribution in [3.05, 3.63) is 92.4 Å². The number of benzene rings is 2. The smallest absolute Gasteiger partial charge is 0.411 e. The zero-order chi connectivity index (χ0) is 27.3. The van der Waals surface area contributed by atoms with Crippen molar-refractivity contribution in [3.63, 3.8) is 0 Å². The van der Waals surface area contributed by atoms with Crippen LogP contribution in [0.15, 0.2) is 70.3 Å². The molecular formula is C26H20BrClN8O3. The predicted molar refractivity (Wildman–Crippen MR) is 148 cm³/mol. The van der Waals surface area contributed by atoms with Crippen molar-refractivity contribution in [2.45, 2.75) is 18.9 Å². The van der Waals surface area contributed by atoms with Crippen LogP contribution in [0.4, 0.5) is 10.5 Å². The number of tetrazole rings is 1. The van der Waals surface area contributed by atoms with Crippen molar-refractivity contribution in [3.8, 4) is 28.1 Å². The molecule has 2 aromatic carbocycles. The lowest BCUT2D eigenvalue weighted by Crippen LogP contribution is -2.24. The molecule has 6 rings (SSSR count). The van der Waals surface area contributed by atoms with Crippen LogP contribution in [-0.4, -0.2) is 53.0 Å². The standard InChI is InChI=1S/C26H20BrClN8O3/c1-34(26(38)39)17-5-2-14(3-6-17)23-24(27)31-25(30-23)21-9-7-18-10-15(11-22(37)36(18)21)19-12-16(28)4-8-20(19)35-13-29-32-33-35/h2-6,8,10-13,21H,7,9H2,1H3,(H,30,31)(H,38,39)/t21-/m0/s1. The van der Waals surface area contributed by atoms with Crippen LogP contribution in [0.3, 0.4) is 0 Å². The SMILES string of the molecule is CN(C(=O)O)c1ccc(-c2nc([C@@H]3CCc4cc(-c5cc(Cl)ccc5-n5cnnn5)cc(=O)n43)[nH]c2Br)cc1. The maximum absolute atomic E-state index is 13.5. The molecule has 11 nitrogen and oxygen atoms in total. The van der Waals surface area contributed by atoms with Gasteiger partial charge in [-0.3, -0.25) is 9.69 Å². The number of anilines is 1. The summed E-state index contributed by atoms with van der Waals surface area (Å²) in [6.45, 7) is 0. The van der Waals surface area contributed by atoms with Crippen molar-refractivity contribution in [2.24, 2.45) is 0 Å². The van der Waals surface area contributed by atoms with Crippen molar-refractivity contribution in [1.82, 2.24) is 34.7 Å². The zero-order valence-electron chi connectivity index (χ0n) is 20.4. The van der Waals surface area contributed by atoms with Crippen LogP contribution in [0, 0.1) is 0 Å². The summed E-state index contributed by atoms with van der Waals surface area (Å²) in [5.41, 5.74) is 4.97. The summed E-state index contributed by atoms with van der Waals surface area (Å²) in [5, 5.41) is 21.2. The molecule has 1 aliphatic heterocycles. The Morgan fingerprint density at radius 1 is 1.15 bits per heavy atom. The van der Waals surface area contributed by atoms with Gasteiger partial charge in [0.15, 0.2) is 0 Å². The van der Waals surface area contributed by atoms with E-state index in [4.69, 9.17) is 16.6 Å². The van der Waals surface area contributed by atoms with Crippen LogP contribution in [0.1, 0.15) is 24.0 Å². The highest BCUT2D eigenvalue weighted by atomic mass is 79.9. The number of aryl methyl sites for hydroxylation is 1. The number of H-pyrrole nitrogens is 1. The first-order valence-electron chi connectivity index (χ1n) is 11.9. The van der Waals surface area contributed by atoms with E-state index in [9.17, 15) is 14.7 Å². The molecular weight excluding hydrogens is 588 g/mol. The van der Waals surface area contributed by atoms with Gasteiger partial charge in [0.2, 0.25) is 0 Å². The largest absolute Gasteiger partial charge is 0.465 e. The Morgan fingerprint density at radius 3 is 2.67 bits per heavy atom. The third kappa shape index (κ3) is 4.51. The number of nitrogens with zero attached hydrogens (tertiary/aromatic N) is 7. The average molecular weight is 608 g/mol. The predicted octanol–water partition coefficient (Wildman–Crippen LogP) is 4.95. The minimum atomic E-state index is -1.04. The Balaban J connectivity index is 1.35. The Morgan fingerprint density at radius 2 is 1.95 bits per heavy atom. The Labute approximate surface area is 234 Å². The summed E-state index contributed by atoms with van der Waals surface area (Å²) < 4.78 is 3.98. The van der Waals surface area contributed by atoms with Gasteiger partial charge < -0.3 is 14.7 Å². The molecule has 0 fully saturated rings. The van der Waals surface area contributed by atoms with Gasteiger partial charge in [-0.2, -0.15) is 4.68 Å². The molecule has 0 saturated heterocycles. The molecule has 0 spiro atoms. The molecule has 0 radical (unpaired) electrons. The molecule has 2 N–H and O–H groups in total. The molecule has 1 amide bonds. The van der Waals surface area contributed by atoms with E-state index in [0.29, 0.717) is 45.4 Å². The number of hydrogen-bond acceptors (Lipinski definition) is 6. The van der Waals surface area contributed by atoms with Gasteiger partial charge in [0.25, 0.3) is 5.56 Å². The van der Waals surface area contributed by atoms with Gasteiger partial charge in [-0.1, -0.05) is 23.7 Å². The third-order valence-corrected chi connectivity index (χ3v) is 7.62. The molecule has 39 heavy (non-hydrogen) atoms. The number of imidazole rings is 1. The number of nitrogens with one attached hydrogen (secondary N) is 1. The van der Waals surface area contributed by atoms with E-state index < -0.39 is 6.09 Å². The van der Waals surface area contributed by atoms with Crippen LogP contribution in [-0.2, 0) is 6.42 Å². The number of halogens is 2. The van der Waals surface area contributed by atoms with Crippen LogP contribution in [0.5, 0.6) is 0 Å². The van der Waals surface area contributed by atoms with Crippen LogP contribution in [0.2, 0.25) is 5.02 Å². The molecule has 4 heterocycles. The number of hydrogen-bond donors (Lipinski definition) is 2. The molecule has 1 aliphatic rings. The molecule has 13 heteroatoms. The van der Waals surface area contributed by atoms with Crippen LogP contribution >= 0.6 is 27.5 Å². The lowest BCUT2D eigenvalue weighted by molar-refractivity contribution is 0.203. The lowest BCUT2D eigenvalue weighted by atomic mass is 10.0. The second kappa shape index (κ2) is 9.79. The van der Waals surface area contributed by atoms with E-state index in [1.165, 1.54) is 18.1 Å². The molecule has 0 saturated carbocycles. The number of aromatic amines is 1. The second-order valence-corrected chi connectivity index (χ2v) is 10.3. The Kier molecular flexibility index (Phi) is 6.28. The number of aromatic nitrogens is 7. The van der Waals surface area contributed by atoms with E-state index >= 15 is 0 Å². The zero-order valence-corrected chi connectivity index (χ0v) is 22.8. The first-order valence-corrected chi connectivity index (χ1v) is 13.1. The van der Waals surface area contributed by atoms with Crippen molar-refractivity contribution in [2.75, 3.05) is 11.9 Å².